The number of hydrogen-bond donors (Lipinski definition) is 2. The molecule has 1 fully saturated rings. The predicted molar refractivity (Wildman–Crippen MR) is 89.8 cm³/mol. The number of hydrogen-bond acceptors (Lipinski definition) is 6. The molecular weight excluding hydrogens is 336 g/mol. The third-order valence-electron chi connectivity index (χ3n) is 5.74. The van der Waals surface area contributed by atoms with Crippen LogP contribution in [0.5, 0.6) is 23.3 Å². The molecule has 1 saturated heterocycles. The number of ether oxygens (including phenoxy) is 3. The molecule has 1 aromatic heterocycles. The van der Waals surface area contributed by atoms with E-state index in [-0.39, 0.29) is 11.8 Å². The van der Waals surface area contributed by atoms with Crippen LogP contribution in [0.4, 0.5) is 0 Å². The summed E-state index contributed by atoms with van der Waals surface area (Å²) < 4.78 is 18.8. The molecule has 2 bridgehead atoms. The zero-order valence-electron chi connectivity index (χ0n) is 14.5. The fraction of sp³-hybridized carbons (Fsp3) is 0.421. The number of rotatable bonds is 1. The van der Waals surface area contributed by atoms with Crippen molar-refractivity contribution in [3.05, 3.63) is 28.8 Å². The maximum atomic E-state index is 11.0. The number of nitrogens with zero attached hydrogens (tertiary/aromatic N) is 2. The Morgan fingerprint density at radius 3 is 2.15 bits per heavy atom. The Morgan fingerprint density at radius 2 is 1.58 bits per heavy atom. The van der Waals surface area contributed by atoms with Gasteiger partial charge in [0.15, 0.2) is 11.5 Å². The Labute approximate surface area is 149 Å². The van der Waals surface area contributed by atoms with E-state index >= 15 is 0 Å². The smallest absolute Gasteiger partial charge is 0.205 e. The van der Waals surface area contributed by atoms with Gasteiger partial charge in [0, 0.05) is 0 Å². The van der Waals surface area contributed by atoms with Gasteiger partial charge in [-0.25, -0.2) is 4.57 Å². The number of benzene rings is 1. The highest BCUT2D eigenvalue weighted by molar-refractivity contribution is 5.68. The standard InChI is InChI=1S/C19H18N2O5/c1-18-5-6-19(2,26-18)13-12(18)16(22)21(17(13)23)11-4-3-10(9-20)14-15(11)25-8-7-24-14/h3-4,22-23H,5-8H2,1-2H3. The Balaban J connectivity index is 1.80. The largest absolute Gasteiger partial charge is 0.494 e. The zero-order valence-corrected chi connectivity index (χ0v) is 14.5. The SMILES string of the molecule is CC12CCC(C)(O1)c1c2c(O)n(-c2ccc(C#N)c3c2OCCO3)c1O. The molecule has 4 heterocycles. The monoisotopic (exact) mass is 354 g/mol. The summed E-state index contributed by atoms with van der Waals surface area (Å²) in [4.78, 5) is 0. The molecule has 7 nitrogen and oxygen atoms in total. The maximum absolute atomic E-state index is 11.0. The van der Waals surface area contributed by atoms with E-state index in [1.807, 2.05) is 13.8 Å². The van der Waals surface area contributed by atoms with Crippen LogP contribution in [0.3, 0.4) is 0 Å². The van der Waals surface area contributed by atoms with Gasteiger partial charge in [0.05, 0.1) is 33.6 Å². The predicted octanol–water partition coefficient (Wildman–Crippen LogP) is 2.79. The lowest BCUT2D eigenvalue weighted by atomic mass is 9.80. The van der Waals surface area contributed by atoms with Gasteiger partial charge in [-0.3, -0.25) is 0 Å². The Bertz CT molecular complexity index is 965. The molecule has 2 atom stereocenters. The lowest BCUT2D eigenvalue weighted by molar-refractivity contribution is -0.0683. The number of fused-ring (bicyclic) bond motifs is 6. The van der Waals surface area contributed by atoms with E-state index in [1.54, 1.807) is 12.1 Å². The highest BCUT2D eigenvalue weighted by atomic mass is 16.6. The molecule has 26 heavy (non-hydrogen) atoms. The maximum Gasteiger partial charge on any atom is 0.205 e. The van der Waals surface area contributed by atoms with Crippen molar-refractivity contribution in [2.45, 2.75) is 37.9 Å². The fourth-order valence-electron chi connectivity index (χ4n) is 4.59. The Morgan fingerprint density at radius 1 is 1.00 bits per heavy atom. The molecule has 2 aromatic rings. The molecule has 7 heteroatoms. The first-order valence-electron chi connectivity index (χ1n) is 8.60. The van der Waals surface area contributed by atoms with Gasteiger partial charge in [-0.1, -0.05) is 0 Å². The third-order valence-corrected chi connectivity index (χ3v) is 5.74. The summed E-state index contributed by atoms with van der Waals surface area (Å²) in [6.07, 6.45) is 1.55. The molecule has 0 aliphatic carbocycles. The minimum absolute atomic E-state index is 0.0653. The summed E-state index contributed by atoms with van der Waals surface area (Å²) in [5, 5.41) is 31.2. The van der Waals surface area contributed by atoms with Crippen molar-refractivity contribution in [1.29, 1.82) is 5.26 Å². The van der Waals surface area contributed by atoms with Crippen LogP contribution >= 0.6 is 0 Å². The number of aromatic nitrogens is 1. The van der Waals surface area contributed by atoms with Gasteiger partial charge < -0.3 is 24.4 Å². The second-order valence-electron chi connectivity index (χ2n) is 7.40. The van der Waals surface area contributed by atoms with Crippen molar-refractivity contribution in [2.75, 3.05) is 13.2 Å². The first-order chi connectivity index (χ1) is 12.4. The van der Waals surface area contributed by atoms with E-state index in [1.165, 1.54) is 4.57 Å². The summed E-state index contributed by atoms with van der Waals surface area (Å²) in [7, 11) is 0. The molecule has 1 aromatic carbocycles. The van der Waals surface area contributed by atoms with Gasteiger partial charge in [-0.05, 0) is 38.8 Å². The highest BCUT2D eigenvalue weighted by Gasteiger charge is 2.59. The molecular formula is C19H18N2O5. The van der Waals surface area contributed by atoms with E-state index in [2.05, 4.69) is 6.07 Å². The van der Waals surface area contributed by atoms with E-state index in [9.17, 15) is 15.5 Å². The molecule has 3 aliphatic rings. The van der Waals surface area contributed by atoms with Crippen LogP contribution in [0.1, 0.15) is 43.4 Å². The van der Waals surface area contributed by atoms with Crippen molar-refractivity contribution in [3.63, 3.8) is 0 Å². The Hall–Kier alpha value is -2.85. The molecule has 0 amide bonds. The van der Waals surface area contributed by atoms with Crippen LogP contribution in [0, 0.1) is 11.3 Å². The highest BCUT2D eigenvalue weighted by Crippen LogP contribution is 2.64. The molecule has 0 spiro atoms. The van der Waals surface area contributed by atoms with Crippen molar-refractivity contribution < 1.29 is 24.4 Å². The van der Waals surface area contributed by atoms with Crippen molar-refractivity contribution in [1.82, 2.24) is 4.57 Å². The number of nitriles is 1. The molecule has 134 valence electrons. The first-order valence-corrected chi connectivity index (χ1v) is 8.60. The van der Waals surface area contributed by atoms with Crippen molar-refractivity contribution in [3.8, 4) is 35.0 Å². The van der Waals surface area contributed by atoms with Crippen LogP contribution in [-0.4, -0.2) is 28.0 Å². The van der Waals surface area contributed by atoms with Crippen LogP contribution in [-0.2, 0) is 15.9 Å². The van der Waals surface area contributed by atoms with Gasteiger partial charge in [-0.2, -0.15) is 5.26 Å². The molecule has 0 radical (unpaired) electrons. The second-order valence-corrected chi connectivity index (χ2v) is 7.40. The van der Waals surface area contributed by atoms with Crippen molar-refractivity contribution in [2.24, 2.45) is 0 Å². The van der Waals surface area contributed by atoms with Crippen molar-refractivity contribution >= 4 is 0 Å². The molecule has 3 aliphatic heterocycles. The average molecular weight is 354 g/mol. The quantitative estimate of drug-likeness (QED) is 0.817. The van der Waals surface area contributed by atoms with Gasteiger partial charge in [0.2, 0.25) is 11.8 Å². The third kappa shape index (κ3) is 1.65. The Kier molecular flexibility index (Phi) is 2.76. The van der Waals surface area contributed by atoms with Crippen LogP contribution in [0.2, 0.25) is 0 Å². The fourth-order valence-corrected chi connectivity index (χ4v) is 4.59. The topological polar surface area (TPSA) is 96.9 Å². The average Bonchev–Trinajstić information content (AvgIpc) is 3.18. The van der Waals surface area contributed by atoms with Crippen LogP contribution in [0.15, 0.2) is 12.1 Å². The minimum atomic E-state index is -0.624. The van der Waals surface area contributed by atoms with E-state index in [4.69, 9.17) is 14.2 Å². The van der Waals surface area contributed by atoms with Gasteiger partial charge in [0.1, 0.15) is 19.3 Å². The van der Waals surface area contributed by atoms with Gasteiger partial charge >= 0.3 is 0 Å². The van der Waals surface area contributed by atoms with Gasteiger partial charge in [0.25, 0.3) is 0 Å². The summed E-state index contributed by atoms with van der Waals surface area (Å²) in [6, 6.07) is 5.32. The van der Waals surface area contributed by atoms with Crippen LogP contribution in [0.25, 0.3) is 5.69 Å². The van der Waals surface area contributed by atoms with E-state index in [0.29, 0.717) is 47.1 Å². The summed E-state index contributed by atoms with van der Waals surface area (Å²) in [5.74, 6) is 0.549. The molecule has 5 rings (SSSR count). The molecule has 2 unspecified atom stereocenters. The van der Waals surface area contributed by atoms with E-state index in [0.717, 1.165) is 12.8 Å². The van der Waals surface area contributed by atoms with Gasteiger partial charge in [-0.15, -0.1) is 0 Å². The molecule has 2 N–H and O–H groups in total. The normalized spacial score (nSPS) is 28.0. The lowest BCUT2D eigenvalue weighted by Crippen LogP contribution is -2.19. The summed E-state index contributed by atoms with van der Waals surface area (Å²) in [5.41, 5.74) is 0.790. The number of aromatic hydroxyl groups is 2. The summed E-state index contributed by atoms with van der Waals surface area (Å²) >= 11 is 0. The minimum Gasteiger partial charge on any atom is -0.494 e. The zero-order chi connectivity index (χ0) is 18.3. The van der Waals surface area contributed by atoms with Crippen LogP contribution < -0.4 is 9.47 Å². The lowest BCUT2D eigenvalue weighted by Gasteiger charge is -2.24. The second kappa shape index (κ2) is 4.65. The van der Waals surface area contributed by atoms with E-state index < -0.39 is 11.2 Å². The first kappa shape index (κ1) is 15.4. The molecule has 0 saturated carbocycles. The summed E-state index contributed by atoms with van der Waals surface area (Å²) in [6.45, 7) is 4.54.